The SMILES string of the molecule is CCc1ccc(-c2noc(C3CC(=O)N(Cc4ccc(C(C)C)cc4)C3)n2)cc1. The zero-order valence-corrected chi connectivity index (χ0v) is 17.3. The lowest BCUT2D eigenvalue weighted by molar-refractivity contribution is -0.128. The molecule has 0 aliphatic carbocycles. The van der Waals surface area contributed by atoms with Crippen LogP contribution in [0.3, 0.4) is 0 Å². The van der Waals surface area contributed by atoms with Gasteiger partial charge >= 0.3 is 0 Å². The topological polar surface area (TPSA) is 59.2 Å². The Kier molecular flexibility index (Phi) is 5.47. The summed E-state index contributed by atoms with van der Waals surface area (Å²) in [6.45, 7) is 7.72. The summed E-state index contributed by atoms with van der Waals surface area (Å²) in [7, 11) is 0. The van der Waals surface area contributed by atoms with Gasteiger partial charge in [-0.3, -0.25) is 4.79 Å². The molecule has 0 bridgehead atoms. The summed E-state index contributed by atoms with van der Waals surface area (Å²) in [4.78, 5) is 19.0. The van der Waals surface area contributed by atoms with Crippen LogP contribution >= 0.6 is 0 Å². The number of rotatable bonds is 6. The van der Waals surface area contributed by atoms with Crippen molar-refractivity contribution in [1.82, 2.24) is 15.0 Å². The van der Waals surface area contributed by atoms with E-state index in [1.807, 2.05) is 17.0 Å². The molecule has 1 atom stereocenters. The fourth-order valence-corrected chi connectivity index (χ4v) is 3.73. The van der Waals surface area contributed by atoms with Crippen LogP contribution in [-0.2, 0) is 17.8 Å². The van der Waals surface area contributed by atoms with E-state index >= 15 is 0 Å². The number of carbonyl (C=O) groups is 1. The summed E-state index contributed by atoms with van der Waals surface area (Å²) in [5.74, 6) is 1.72. The van der Waals surface area contributed by atoms with Crippen LogP contribution in [0.25, 0.3) is 11.4 Å². The number of aromatic nitrogens is 2. The predicted octanol–water partition coefficient (Wildman–Crippen LogP) is 4.94. The van der Waals surface area contributed by atoms with Gasteiger partial charge in [0.05, 0.1) is 5.92 Å². The Hall–Kier alpha value is -2.95. The van der Waals surface area contributed by atoms with Crippen LogP contribution in [0.15, 0.2) is 53.1 Å². The summed E-state index contributed by atoms with van der Waals surface area (Å²) in [6.07, 6.45) is 1.42. The Balaban J connectivity index is 1.43. The van der Waals surface area contributed by atoms with Gasteiger partial charge in [-0.25, -0.2) is 0 Å². The normalized spacial score (nSPS) is 16.8. The Bertz CT molecular complexity index is 974. The molecule has 5 heteroatoms. The smallest absolute Gasteiger partial charge is 0.232 e. The van der Waals surface area contributed by atoms with Crippen LogP contribution in [0.4, 0.5) is 0 Å². The minimum Gasteiger partial charge on any atom is -0.339 e. The molecule has 2 heterocycles. The second kappa shape index (κ2) is 8.19. The first-order valence-corrected chi connectivity index (χ1v) is 10.3. The monoisotopic (exact) mass is 389 g/mol. The van der Waals surface area contributed by atoms with E-state index in [2.05, 4.69) is 67.3 Å². The molecule has 1 saturated heterocycles. The number of amides is 1. The van der Waals surface area contributed by atoms with Gasteiger partial charge in [-0.2, -0.15) is 4.98 Å². The van der Waals surface area contributed by atoms with Gasteiger partial charge in [0.1, 0.15) is 0 Å². The predicted molar refractivity (Wildman–Crippen MR) is 112 cm³/mol. The molecule has 1 amide bonds. The highest BCUT2D eigenvalue weighted by molar-refractivity contribution is 5.79. The standard InChI is InChI=1S/C24H27N3O2/c1-4-17-5-11-20(12-6-17)23-25-24(29-26-23)21-13-22(28)27(15-21)14-18-7-9-19(10-8-18)16(2)3/h5-12,16,21H,4,13-15H2,1-3H3. The zero-order chi connectivity index (χ0) is 20.4. The maximum absolute atomic E-state index is 12.5. The molecule has 1 aromatic heterocycles. The second-order valence-corrected chi connectivity index (χ2v) is 8.08. The van der Waals surface area contributed by atoms with Crippen LogP contribution in [0.1, 0.15) is 61.6 Å². The molecule has 0 saturated carbocycles. The number of benzene rings is 2. The van der Waals surface area contributed by atoms with Crippen molar-refractivity contribution in [1.29, 1.82) is 0 Å². The fourth-order valence-electron chi connectivity index (χ4n) is 3.73. The lowest BCUT2D eigenvalue weighted by Crippen LogP contribution is -2.24. The van der Waals surface area contributed by atoms with Gasteiger partial charge in [0.15, 0.2) is 0 Å². The van der Waals surface area contributed by atoms with Crippen molar-refractivity contribution in [2.75, 3.05) is 6.54 Å². The van der Waals surface area contributed by atoms with Gasteiger partial charge in [0, 0.05) is 25.1 Å². The number of hydrogen-bond acceptors (Lipinski definition) is 4. The molecule has 2 aromatic carbocycles. The highest BCUT2D eigenvalue weighted by Crippen LogP contribution is 2.30. The van der Waals surface area contributed by atoms with Crippen molar-refractivity contribution in [3.63, 3.8) is 0 Å². The largest absolute Gasteiger partial charge is 0.339 e. The van der Waals surface area contributed by atoms with E-state index in [0.29, 0.717) is 37.1 Å². The Labute approximate surface area is 171 Å². The average molecular weight is 389 g/mol. The molecule has 0 N–H and O–H groups in total. The van der Waals surface area contributed by atoms with Gasteiger partial charge in [-0.05, 0) is 29.0 Å². The van der Waals surface area contributed by atoms with Crippen LogP contribution in [0, 0.1) is 0 Å². The third-order valence-corrected chi connectivity index (χ3v) is 5.65. The average Bonchev–Trinajstić information content (AvgIpc) is 3.36. The zero-order valence-electron chi connectivity index (χ0n) is 17.3. The van der Waals surface area contributed by atoms with Crippen LogP contribution in [-0.4, -0.2) is 27.5 Å². The maximum atomic E-state index is 12.5. The van der Waals surface area contributed by atoms with Gasteiger partial charge in [0.25, 0.3) is 0 Å². The summed E-state index contributed by atoms with van der Waals surface area (Å²) < 4.78 is 5.51. The van der Waals surface area contributed by atoms with Gasteiger partial charge in [-0.15, -0.1) is 0 Å². The Morgan fingerprint density at radius 3 is 2.41 bits per heavy atom. The number of aryl methyl sites for hydroxylation is 1. The molecule has 1 unspecified atom stereocenters. The van der Waals surface area contributed by atoms with Crippen molar-refractivity contribution < 1.29 is 9.32 Å². The van der Waals surface area contributed by atoms with Crippen molar-refractivity contribution in [3.05, 3.63) is 71.1 Å². The number of hydrogen-bond donors (Lipinski definition) is 0. The fraction of sp³-hybridized carbons (Fsp3) is 0.375. The summed E-state index contributed by atoms with van der Waals surface area (Å²) in [5, 5.41) is 4.13. The Morgan fingerprint density at radius 1 is 1.07 bits per heavy atom. The molecule has 29 heavy (non-hydrogen) atoms. The van der Waals surface area contributed by atoms with Crippen LogP contribution in [0.2, 0.25) is 0 Å². The first kappa shape index (κ1) is 19.4. The van der Waals surface area contributed by atoms with E-state index in [1.54, 1.807) is 0 Å². The van der Waals surface area contributed by atoms with Gasteiger partial charge < -0.3 is 9.42 Å². The number of nitrogens with zero attached hydrogens (tertiary/aromatic N) is 3. The molecule has 5 nitrogen and oxygen atoms in total. The first-order valence-electron chi connectivity index (χ1n) is 10.3. The van der Waals surface area contributed by atoms with E-state index in [4.69, 9.17) is 4.52 Å². The van der Waals surface area contributed by atoms with Crippen LogP contribution in [0.5, 0.6) is 0 Å². The van der Waals surface area contributed by atoms with Gasteiger partial charge in [-0.1, -0.05) is 74.5 Å². The van der Waals surface area contributed by atoms with Crippen LogP contribution < -0.4 is 0 Å². The molecule has 150 valence electrons. The highest BCUT2D eigenvalue weighted by Gasteiger charge is 2.34. The van der Waals surface area contributed by atoms with Gasteiger partial charge in [0.2, 0.25) is 17.6 Å². The number of likely N-dealkylation sites (tertiary alicyclic amines) is 1. The molecule has 4 rings (SSSR count). The van der Waals surface area contributed by atoms with Crippen molar-refractivity contribution in [2.45, 2.75) is 52.0 Å². The summed E-state index contributed by atoms with van der Waals surface area (Å²) in [6, 6.07) is 16.7. The summed E-state index contributed by atoms with van der Waals surface area (Å²) in [5.41, 5.74) is 4.66. The molecule has 0 radical (unpaired) electrons. The van der Waals surface area contributed by atoms with E-state index in [-0.39, 0.29) is 11.8 Å². The third-order valence-electron chi connectivity index (χ3n) is 5.65. The maximum Gasteiger partial charge on any atom is 0.232 e. The Morgan fingerprint density at radius 2 is 1.76 bits per heavy atom. The lowest BCUT2D eigenvalue weighted by atomic mass is 10.0. The minimum absolute atomic E-state index is 0.0476. The van der Waals surface area contributed by atoms with E-state index < -0.39 is 0 Å². The number of carbonyl (C=O) groups excluding carboxylic acids is 1. The van der Waals surface area contributed by atoms with E-state index in [1.165, 1.54) is 11.1 Å². The molecule has 1 aliphatic rings. The van der Waals surface area contributed by atoms with Crippen molar-refractivity contribution in [3.8, 4) is 11.4 Å². The highest BCUT2D eigenvalue weighted by atomic mass is 16.5. The third kappa shape index (κ3) is 4.24. The lowest BCUT2D eigenvalue weighted by Gasteiger charge is -2.16. The van der Waals surface area contributed by atoms with Crippen molar-refractivity contribution >= 4 is 5.91 Å². The van der Waals surface area contributed by atoms with Crippen molar-refractivity contribution in [2.24, 2.45) is 0 Å². The van der Waals surface area contributed by atoms with E-state index in [0.717, 1.165) is 17.5 Å². The quantitative estimate of drug-likeness (QED) is 0.599. The molecule has 3 aromatic rings. The minimum atomic E-state index is -0.0476. The molecule has 1 aliphatic heterocycles. The molecule has 0 spiro atoms. The first-order chi connectivity index (χ1) is 14.0. The molecular formula is C24H27N3O2. The molecule has 1 fully saturated rings. The van der Waals surface area contributed by atoms with E-state index in [9.17, 15) is 4.79 Å². The summed E-state index contributed by atoms with van der Waals surface area (Å²) >= 11 is 0. The molecular weight excluding hydrogens is 362 g/mol. The second-order valence-electron chi connectivity index (χ2n) is 8.08.